The zero-order chi connectivity index (χ0) is 28.8. The summed E-state index contributed by atoms with van der Waals surface area (Å²) in [6, 6.07) is 0. The predicted octanol–water partition coefficient (Wildman–Crippen LogP) is 2.18. The lowest BCUT2D eigenvalue weighted by Gasteiger charge is -2.17. The minimum absolute atomic E-state index is 0.715. The summed E-state index contributed by atoms with van der Waals surface area (Å²) in [4.78, 5) is 18.2. The van der Waals surface area contributed by atoms with Crippen molar-refractivity contribution < 1.29 is 44.8 Å². The molecule has 2 rings (SSSR count). The van der Waals surface area contributed by atoms with Crippen LogP contribution in [0.25, 0.3) is 0 Å². The average molecular weight is 565 g/mol. The van der Waals surface area contributed by atoms with Crippen molar-refractivity contribution >= 4 is 26.7 Å². The molecule has 16 heteroatoms. The summed E-state index contributed by atoms with van der Waals surface area (Å²) in [7, 11) is -1.66. The smallest absolute Gasteiger partial charge is 0.450 e. The number of hydrogen-bond acceptors (Lipinski definition) is 11. The summed E-state index contributed by atoms with van der Waals surface area (Å²) in [6.07, 6.45) is 13.2. The third-order valence-corrected chi connectivity index (χ3v) is 4.28. The van der Waals surface area contributed by atoms with Gasteiger partial charge in [-0.2, -0.15) is 16.8 Å². The van der Waals surface area contributed by atoms with Crippen molar-refractivity contribution in [2.24, 2.45) is 0 Å². The van der Waals surface area contributed by atoms with Gasteiger partial charge in [0.05, 0.1) is 33.8 Å². The standard InChI is InChI=1S/2C8H16N2.C2H4O3.CH4O4S.CH4O3S/c2*1-3-4-5-10-7-6-9(2)8-10;1-5-2(3)4;1-5-6(2,3)4;1-5(2,3)4/h2*6-7H,3-5,8H2,1-2H3;1H3,(H,3,4);1H3,(H,2,3,4);1H3,(H,2,3,4). The normalized spacial score (nSPS) is 13.9. The van der Waals surface area contributed by atoms with Crippen LogP contribution in [0.2, 0.25) is 0 Å². The molecule has 0 amide bonds. The molecule has 0 spiro atoms. The zero-order valence-corrected chi connectivity index (χ0v) is 23.9. The van der Waals surface area contributed by atoms with E-state index in [0.29, 0.717) is 6.26 Å². The fourth-order valence-corrected chi connectivity index (χ4v) is 2.19. The molecule has 2 heterocycles. The van der Waals surface area contributed by atoms with E-state index in [-0.39, 0.29) is 0 Å². The quantitative estimate of drug-likeness (QED) is 0.303. The number of carboxylic acid groups (broad SMARTS) is 1. The fourth-order valence-electron chi connectivity index (χ4n) is 2.19. The van der Waals surface area contributed by atoms with Crippen molar-refractivity contribution in [3.8, 4) is 0 Å². The number of nitrogens with zero attached hydrogens (tertiary/aromatic N) is 4. The van der Waals surface area contributed by atoms with Crippen LogP contribution in [0.1, 0.15) is 39.5 Å². The minimum atomic E-state index is -4.16. The molecule has 14 nitrogen and oxygen atoms in total. The molecule has 0 bridgehead atoms. The first-order valence-corrected chi connectivity index (χ1v) is 14.2. The molecule has 0 saturated heterocycles. The Kier molecular flexibility index (Phi) is 23.3. The molecule has 0 aromatic heterocycles. The highest BCUT2D eigenvalue weighted by Crippen LogP contribution is 2.05. The van der Waals surface area contributed by atoms with Crippen LogP contribution < -0.4 is 0 Å². The second-order valence-corrected chi connectivity index (χ2v) is 10.2. The van der Waals surface area contributed by atoms with Crippen molar-refractivity contribution in [1.82, 2.24) is 19.6 Å². The van der Waals surface area contributed by atoms with Crippen LogP contribution in [0, 0.1) is 0 Å². The number of unbranched alkanes of at least 4 members (excludes halogenated alkanes) is 2. The number of ether oxygens (including phenoxy) is 1. The van der Waals surface area contributed by atoms with Gasteiger partial charge in [0.2, 0.25) is 0 Å². The van der Waals surface area contributed by atoms with E-state index in [2.05, 4.69) is 81.3 Å². The third-order valence-electron chi connectivity index (χ3n) is 3.86. The van der Waals surface area contributed by atoms with Crippen LogP contribution >= 0.6 is 0 Å². The lowest BCUT2D eigenvalue weighted by molar-refractivity contribution is 0.113. The molecule has 0 aromatic rings. The van der Waals surface area contributed by atoms with E-state index in [4.69, 9.17) is 19.0 Å². The van der Waals surface area contributed by atoms with E-state index in [1.807, 2.05) is 0 Å². The van der Waals surface area contributed by atoms with Crippen molar-refractivity contribution in [3.05, 3.63) is 24.8 Å². The molecule has 36 heavy (non-hydrogen) atoms. The van der Waals surface area contributed by atoms with E-state index >= 15 is 0 Å². The van der Waals surface area contributed by atoms with Gasteiger partial charge in [0, 0.05) is 52.0 Å². The highest BCUT2D eigenvalue weighted by molar-refractivity contribution is 7.85. The number of carbonyl (C=O) groups is 1. The van der Waals surface area contributed by atoms with Gasteiger partial charge in [0.25, 0.3) is 10.1 Å². The molecule has 3 N–H and O–H groups in total. The van der Waals surface area contributed by atoms with Gasteiger partial charge in [-0.25, -0.2) is 4.79 Å². The van der Waals surface area contributed by atoms with Crippen LogP contribution in [0.4, 0.5) is 4.79 Å². The lowest BCUT2D eigenvalue weighted by Crippen LogP contribution is -2.23. The fraction of sp³-hybridized carbons (Fsp3) is 0.750. The molecular formula is C20H44N4O10S2. The summed E-state index contributed by atoms with van der Waals surface area (Å²) < 4.78 is 59.2. The number of hydrogen-bond donors (Lipinski definition) is 3. The van der Waals surface area contributed by atoms with Gasteiger partial charge in [-0.05, 0) is 12.8 Å². The number of rotatable bonds is 7. The molecule has 2 aliphatic heterocycles. The van der Waals surface area contributed by atoms with Gasteiger partial charge in [0.1, 0.15) is 0 Å². The van der Waals surface area contributed by atoms with Crippen LogP contribution in [0.3, 0.4) is 0 Å². The highest BCUT2D eigenvalue weighted by atomic mass is 32.3. The van der Waals surface area contributed by atoms with Crippen LogP contribution in [0.15, 0.2) is 24.8 Å². The number of methoxy groups -OCH3 is 1. The van der Waals surface area contributed by atoms with Gasteiger partial charge in [0.15, 0.2) is 0 Å². The Morgan fingerprint density at radius 1 is 0.833 bits per heavy atom. The zero-order valence-electron chi connectivity index (χ0n) is 22.3. The maximum Gasteiger partial charge on any atom is 0.505 e. The van der Waals surface area contributed by atoms with E-state index in [0.717, 1.165) is 27.6 Å². The van der Waals surface area contributed by atoms with Crippen molar-refractivity contribution in [2.45, 2.75) is 39.5 Å². The van der Waals surface area contributed by atoms with E-state index in [1.165, 1.54) is 38.8 Å². The minimum Gasteiger partial charge on any atom is -0.450 e. The Morgan fingerprint density at radius 2 is 1.11 bits per heavy atom. The van der Waals surface area contributed by atoms with Crippen LogP contribution in [0.5, 0.6) is 0 Å². The van der Waals surface area contributed by atoms with E-state index < -0.39 is 26.7 Å². The Morgan fingerprint density at radius 3 is 1.25 bits per heavy atom. The first kappa shape index (κ1) is 38.3. The van der Waals surface area contributed by atoms with Crippen molar-refractivity contribution in [2.75, 3.05) is 61.0 Å². The molecule has 0 aromatic carbocycles. The highest BCUT2D eigenvalue weighted by Gasteiger charge is 2.06. The SMILES string of the molecule is CCCCN1C=CN(C)C1.CCCCN1C=CN(C)C1.COC(=O)O.COS(=O)(=O)O.CS(=O)(=O)O. The topological polar surface area (TPSA) is 177 Å². The van der Waals surface area contributed by atoms with Crippen molar-refractivity contribution in [3.63, 3.8) is 0 Å². The molecule has 2 aliphatic rings. The Labute approximate surface area is 216 Å². The molecular weight excluding hydrogens is 520 g/mol. The van der Waals surface area contributed by atoms with Gasteiger partial charge in [-0.1, -0.05) is 26.7 Å². The summed E-state index contributed by atoms with van der Waals surface area (Å²) in [6.45, 7) is 9.00. The van der Waals surface area contributed by atoms with E-state index in [9.17, 15) is 16.8 Å². The van der Waals surface area contributed by atoms with Crippen LogP contribution in [-0.2, 0) is 29.4 Å². The molecule has 0 atom stereocenters. The maximum atomic E-state index is 9.33. The molecule has 0 aliphatic carbocycles. The summed E-state index contributed by atoms with van der Waals surface area (Å²) >= 11 is 0. The third kappa shape index (κ3) is 36.3. The monoisotopic (exact) mass is 564 g/mol. The summed E-state index contributed by atoms with van der Waals surface area (Å²) in [5.41, 5.74) is 0. The van der Waals surface area contributed by atoms with Gasteiger partial charge >= 0.3 is 16.6 Å². The first-order valence-electron chi connectivity index (χ1n) is 11.0. The average Bonchev–Trinajstić information content (AvgIpc) is 3.38. The molecule has 0 unspecified atom stereocenters. The largest absolute Gasteiger partial charge is 0.505 e. The predicted molar refractivity (Wildman–Crippen MR) is 138 cm³/mol. The molecule has 0 saturated carbocycles. The second-order valence-electron chi connectivity index (χ2n) is 7.52. The van der Waals surface area contributed by atoms with E-state index in [1.54, 1.807) is 0 Å². The van der Waals surface area contributed by atoms with Crippen molar-refractivity contribution in [1.29, 1.82) is 0 Å². The Hall–Kier alpha value is -2.27. The first-order chi connectivity index (χ1) is 16.5. The molecule has 0 radical (unpaired) electrons. The summed E-state index contributed by atoms with van der Waals surface area (Å²) in [5.74, 6) is 0. The van der Waals surface area contributed by atoms with Crippen LogP contribution in [-0.4, -0.2) is 118 Å². The van der Waals surface area contributed by atoms with Gasteiger partial charge in [-0.3, -0.25) is 13.3 Å². The lowest BCUT2D eigenvalue weighted by atomic mass is 10.3. The van der Waals surface area contributed by atoms with Gasteiger partial charge in [-0.15, -0.1) is 0 Å². The van der Waals surface area contributed by atoms with Gasteiger partial charge < -0.3 is 29.4 Å². The maximum absolute atomic E-state index is 9.33. The Balaban J connectivity index is -0.000000394. The molecule has 216 valence electrons. The summed E-state index contributed by atoms with van der Waals surface area (Å²) in [5, 5.41) is 7.50. The second kappa shape index (κ2) is 22.0. The molecule has 0 fully saturated rings. The Bertz CT molecular complexity index is 782.